The largest absolute Gasteiger partial charge is 0.473 e. The van der Waals surface area contributed by atoms with Crippen molar-refractivity contribution in [2.75, 3.05) is 51.9 Å². The van der Waals surface area contributed by atoms with E-state index in [2.05, 4.69) is 34.1 Å². The summed E-state index contributed by atoms with van der Waals surface area (Å²) in [6.45, 7) is 4.92. The number of anilines is 2. The third kappa shape index (κ3) is 6.90. The number of carboxylic acid groups (broad SMARTS) is 2. The fraction of sp³-hybridized carbons (Fsp3) is 0.600. The Hall–Kier alpha value is -3.20. The molecule has 0 atom stereocenters. The van der Waals surface area contributed by atoms with Crippen molar-refractivity contribution in [2.45, 2.75) is 39.0 Å². The van der Waals surface area contributed by atoms with Crippen LogP contribution >= 0.6 is 0 Å². The van der Waals surface area contributed by atoms with Crippen molar-refractivity contribution in [3.63, 3.8) is 0 Å². The molecule has 14 heteroatoms. The van der Waals surface area contributed by atoms with Crippen molar-refractivity contribution in [2.24, 2.45) is 0 Å². The lowest BCUT2D eigenvalue weighted by Crippen LogP contribution is -2.26. The number of nitrogens with two attached hydrogens (primary N) is 2. The summed E-state index contributed by atoms with van der Waals surface area (Å²) in [6.07, 6.45) is 1.92. The summed E-state index contributed by atoms with van der Waals surface area (Å²) in [4.78, 5) is 22.6. The van der Waals surface area contributed by atoms with E-state index in [1.165, 1.54) is 0 Å². The predicted molar refractivity (Wildman–Crippen MR) is 123 cm³/mol. The molecule has 0 aliphatic carbocycles. The molecule has 4 rings (SSSR count). The number of hydrogen-bond acceptors (Lipinski definition) is 10. The minimum absolute atomic E-state index is 0.0839. The molecule has 2 aliphatic rings. The second-order valence-corrected chi connectivity index (χ2v) is 8.10. The Morgan fingerprint density at radius 3 is 1.44 bits per heavy atom. The first kappa shape index (κ1) is 27.0. The predicted octanol–water partition coefficient (Wildman–Crippen LogP) is -1.95. The molecule has 0 radical (unpaired) electrons. The second-order valence-electron chi connectivity index (χ2n) is 8.10. The van der Waals surface area contributed by atoms with Crippen molar-refractivity contribution in [1.29, 1.82) is 0 Å². The van der Waals surface area contributed by atoms with Crippen molar-refractivity contribution < 1.29 is 30.0 Å². The maximum Gasteiger partial charge on any atom is 0.414 e. The zero-order valence-corrected chi connectivity index (χ0v) is 19.5. The van der Waals surface area contributed by atoms with Gasteiger partial charge in [-0.15, -0.1) is 0 Å². The highest BCUT2D eigenvalue weighted by Gasteiger charge is 2.21. The molecule has 4 heterocycles. The molecule has 34 heavy (non-hydrogen) atoms. The first-order valence-corrected chi connectivity index (χ1v) is 10.8. The highest BCUT2D eigenvalue weighted by Crippen LogP contribution is 2.23. The minimum atomic E-state index is -1.82. The van der Waals surface area contributed by atoms with Crippen LogP contribution in [0.2, 0.25) is 0 Å². The molecule has 0 spiro atoms. The van der Waals surface area contributed by atoms with E-state index in [1.807, 2.05) is 0 Å². The maximum absolute atomic E-state index is 9.10. The van der Waals surface area contributed by atoms with Gasteiger partial charge in [-0.2, -0.15) is 10.2 Å². The van der Waals surface area contributed by atoms with Crippen LogP contribution in [0, 0.1) is 0 Å². The summed E-state index contributed by atoms with van der Waals surface area (Å²) in [5.41, 5.74) is 16.3. The topological polar surface area (TPSA) is 209 Å². The molecule has 0 bridgehead atoms. The van der Waals surface area contributed by atoms with Gasteiger partial charge in [-0.25, -0.2) is 19.0 Å². The SMILES string of the molecule is CN1CCc2c(nn(CCO)c2N)C1.CN1CCc2c(nn(CCO)c2N)C1.O=C(O)C(=O)O. The van der Waals surface area contributed by atoms with Crippen LogP contribution in [0.4, 0.5) is 11.6 Å². The standard InChI is InChI=1S/2C9H16N4O.C2H2O4/c2*1-12-3-2-7-8(6-12)11-13(4-5-14)9(7)10;3-1(4)2(5)6/h2*14H,2-6,10H2,1H3;(H,3,4)(H,5,6). The van der Waals surface area contributed by atoms with Crippen LogP contribution in [-0.2, 0) is 48.6 Å². The number of aliphatic carboxylic acids is 2. The zero-order valence-electron chi connectivity index (χ0n) is 19.5. The number of nitrogen functional groups attached to an aromatic ring is 2. The first-order valence-electron chi connectivity index (χ1n) is 10.8. The molecule has 0 aromatic carbocycles. The van der Waals surface area contributed by atoms with Crippen LogP contribution in [0.15, 0.2) is 0 Å². The van der Waals surface area contributed by atoms with Gasteiger partial charge in [0.2, 0.25) is 0 Å². The van der Waals surface area contributed by atoms with Crippen LogP contribution in [0.5, 0.6) is 0 Å². The van der Waals surface area contributed by atoms with Crippen molar-refractivity contribution in [3.05, 3.63) is 22.5 Å². The average molecular weight is 483 g/mol. The Labute approximate surface area is 197 Å². The lowest BCUT2D eigenvalue weighted by molar-refractivity contribution is -0.159. The minimum Gasteiger partial charge on any atom is -0.473 e. The summed E-state index contributed by atoms with van der Waals surface area (Å²) < 4.78 is 3.40. The fourth-order valence-corrected chi connectivity index (χ4v) is 3.73. The van der Waals surface area contributed by atoms with Gasteiger partial charge < -0.3 is 41.7 Å². The van der Waals surface area contributed by atoms with Gasteiger partial charge in [-0.1, -0.05) is 0 Å². The van der Waals surface area contributed by atoms with Gasteiger partial charge >= 0.3 is 11.9 Å². The van der Waals surface area contributed by atoms with Crippen LogP contribution in [0.25, 0.3) is 0 Å². The van der Waals surface area contributed by atoms with E-state index in [4.69, 9.17) is 41.5 Å². The first-order chi connectivity index (χ1) is 16.1. The fourth-order valence-electron chi connectivity index (χ4n) is 3.73. The second kappa shape index (κ2) is 12.3. The Kier molecular flexibility index (Phi) is 9.80. The van der Waals surface area contributed by atoms with Gasteiger partial charge in [-0.05, 0) is 26.9 Å². The van der Waals surface area contributed by atoms with Crippen LogP contribution < -0.4 is 11.5 Å². The Bertz CT molecular complexity index is 910. The van der Waals surface area contributed by atoms with Crippen LogP contribution in [-0.4, -0.2) is 102 Å². The number of aliphatic hydroxyl groups excluding tert-OH is 2. The molecule has 0 unspecified atom stereocenters. The highest BCUT2D eigenvalue weighted by atomic mass is 16.4. The number of nitrogens with zero attached hydrogens (tertiary/aromatic N) is 6. The molecule has 2 aromatic heterocycles. The Morgan fingerprint density at radius 1 is 0.794 bits per heavy atom. The number of aromatic nitrogens is 4. The van der Waals surface area contributed by atoms with Gasteiger partial charge in [0.1, 0.15) is 11.6 Å². The van der Waals surface area contributed by atoms with Crippen molar-refractivity contribution >= 4 is 23.6 Å². The molecule has 14 nitrogen and oxygen atoms in total. The number of rotatable bonds is 4. The number of fused-ring (bicyclic) bond motifs is 2. The molecule has 8 N–H and O–H groups in total. The van der Waals surface area contributed by atoms with Gasteiger partial charge in [0.15, 0.2) is 0 Å². The van der Waals surface area contributed by atoms with Crippen LogP contribution in [0.3, 0.4) is 0 Å². The molecule has 0 saturated heterocycles. The molecular formula is C20H34N8O6. The van der Waals surface area contributed by atoms with E-state index in [0.717, 1.165) is 73.2 Å². The zero-order chi connectivity index (χ0) is 25.4. The number of carbonyl (C=O) groups is 2. The molecule has 190 valence electrons. The molecule has 2 aliphatic heterocycles. The summed E-state index contributed by atoms with van der Waals surface area (Å²) in [7, 11) is 4.15. The summed E-state index contributed by atoms with van der Waals surface area (Å²) in [6, 6.07) is 0. The van der Waals surface area contributed by atoms with Crippen molar-refractivity contribution in [1.82, 2.24) is 29.4 Å². The third-order valence-corrected chi connectivity index (χ3v) is 5.49. The van der Waals surface area contributed by atoms with E-state index >= 15 is 0 Å². The van der Waals surface area contributed by atoms with Gasteiger partial charge in [0.05, 0.1) is 37.7 Å². The maximum atomic E-state index is 9.10. The normalized spacial score (nSPS) is 15.3. The van der Waals surface area contributed by atoms with Gasteiger partial charge in [-0.3, -0.25) is 0 Å². The highest BCUT2D eigenvalue weighted by molar-refractivity contribution is 6.27. The number of hydrogen-bond donors (Lipinski definition) is 6. The van der Waals surface area contributed by atoms with E-state index in [1.54, 1.807) is 9.36 Å². The van der Waals surface area contributed by atoms with E-state index < -0.39 is 11.9 Å². The monoisotopic (exact) mass is 482 g/mol. The molecular weight excluding hydrogens is 448 g/mol. The Balaban J connectivity index is 0.000000196. The quantitative estimate of drug-likeness (QED) is 0.263. The van der Waals surface area contributed by atoms with E-state index in [-0.39, 0.29) is 13.2 Å². The lowest BCUT2D eigenvalue weighted by atomic mass is 10.1. The average Bonchev–Trinajstić information content (AvgIpc) is 3.25. The van der Waals surface area contributed by atoms with E-state index in [9.17, 15) is 0 Å². The number of likely N-dealkylation sites (N-methyl/N-ethyl adjacent to an activating group) is 2. The van der Waals surface area contributed by atoms with Gasteiger partial charge in [0, 0.05) is 37.3 Å². The Morgan fingerprint density at radius 2 is 1.15 bits per heavy atom. The third-order valence-electron chi connectivity index (χ3n) is 5.49. The van der Waals surface area contributed by atoms with Crippen molar-refractivity contribution in [3.8, 4) is 0 Å². The lowest BCUT2D eigenvalue weighted by Gasteiger charge is -2.20. The summed E-state index contributed by atoms with van der Waals surface area (Å²) in [5.74, 6) is -2.20. The van der Waals surface area contributed by atoms with Gasteiger partial charge in [0.25, 0.3) is 0 Å². The summed E-state index contributed by atoms with van der Waals surface area (Å²) >= 11 is 0. The molecule has 2 aromatic rings. The molecule has 0 saturated carbocycles. The van der Waals surface area contributed by atoms with Crippen LogP contribution in [0.1, 0.15) is 22.5 Å². The number of carboxylic acids is 2. The van der Waals surface area contributed by atoms with E-state index in [0.29, 0.717) is 13.1 Å². The smallest absolute Gasteiger partial charge is 0.414 e. The number of aliphatic hydroxyl groups is 2. The molecule has 0 amide bonds. The summed E-state index contributed by atoms with van der Waals surface area (Å²) in [5, 5.41) is 41.2. The molecule has 0 fully saturated rings.